The Morgan fingerprint density at radius 3 is 2.35 bits per heavy atom. The summed E-state index contributed by atoms with van der Waals surface area (Å²) < 4.78 is 0. The van der Waals surface area contributed by atoms with Crippen molar-refractivity contribution in [1.29, 1.82) is 0 Å². The number of carbonyl (C=O) groups is 1. The maximum atomic E-state index is 13.0. The monoisotopic (exact) mass is 691 g/mol. The number of hydrogen-bond acceptors (Lipinski definition) is 6. The minimum atomic E-state index is -0.748. The maximum absolute atomic E-state index is 13.0. The summed E-state index contributed by atoms with van der Waals surface area (Å²) in [5, 5.41) is 16.7. The summed E-state index contributed by atoms with van der Waals surface area (Å²) in [6, 6.07) is -0.489. The topological polar surface area (TPSA) is 131 Å². The van der Waals surface area contributed by atoms with Gasteiger partial charge in [0.2, 0.25) is 5.91 Å². The van der Waals surface area contributed by atoms with E-state index in [9.17, 15) is 9.90 Å². The summed E-state index contributed by atoms with van der Waals surface area (Å²) in [6.45, 7) is 27.5. The number of aliphatic imine (C=N–C) groups is 1. The molecule has 0 unspecified atom stereocenters. The molecule has 272 valence electrons. The van der Waals surface area contributed by atoms with Crippen LogP contribution in [0.5, 0.6) is 0 Å². The number of aromatic nitrogens is 4. The van der Waals surface area contributed by atoms with Gasteiger partial charge < -0.3 is 20.4 Å². The van der Waals surface area contributed by atoms with Gasteiger partial charge in [-0.2, -0.15) is 0 Å². The number of amides is 1. The Morgan fingerprint density at radius 2 is 1.69 bits per heavy atom. The average Bonchev–Trinajstić information content (AvgIpc) is 3.79. The Balaban J connectivity index is 2.01. The minimum absolute atomic E-state index is 0.0367. The zero-order valence-electron chi connectivity index (χ0n) is 31.2. The van der Waals surface area contributed by atoms with E-state index >= 15 is 0 Å². The number of nitrogens with one attached hydrogen (secondary N) is 4. The zero-order chi connectivity index (χ0) is 37.8. The fourth-order valence-corrected chi connectivity index (χ4v) is 5.18. The van der Waals surface area contributed by atoms with Crippen molar-refractivity contribution in [1.82, 2.24) is 30.6 Å². The van der Waals surface area contributed by atoms with Crippen LogP contribution in [0.15, 0.2) is 134 Å². The van der Waals surface area contributed by atoms with Gasteiger partial charge in [0.1, 0.15) is 17.9 Å². The molecule has 9 nitrogen and oxygen atoms in total. The fourth-order valence-electron chi connectivity index (χ4n) is 5.18. The van der Waals surface area contributed by atoms with Gasteiger partial charge in [-0.3, -0.25) is 15.1 Å². The lowest BCUT2D eigenvalue weighted by molar-refractivity contribution is -0.126. The quantitative estimate of drug-likeness (QED) is 0.0365. The van der Waals surface area contributed by atoms with Gasteiger partial charge >= 0.3 is 0 Å². The smallest absolute Gasteiger partial charge is 0.224 e. The van der Waals surface area contributed by atoms with E-state index < -0.39 is 6.23 Å². The largest absolute Gasteiger partial charge is 0.378 e. The van der Waals surface area contributed by atoms with Gasteiger partial charge in [0.25, 0.3) is 0 Å². The molecule has 0 saturated carbocycles. The fraction of sp³-hybridized carbons (Fsp3) is 0.333. The van der Waals surface area contributed by atoms with E-state index in [2.05, 4.69) is 61.9 Å². The third-order valence-corrected chi connectivity index (χ3v) is 8.15. The number of H-pyrrole nitrogens is 2. The standard InChI is InChI=1S/C42H57N7O2/c1-11-16-17-21-29(6)26-39(50)46-32(9)40-44-27-36(48-40)22-18-23-37(43-15-5)34(14-4)25-24-30(7)38-28-45-41(49-38)33(10)47-42(51)31(8)35(19-12-2)20-13-3/h11-18,20-21,23-25,27-28,31-33,35,39,46,50H,2,5-7,19,22,26H2,1,3-4,8-10H3,(H,44,48)(H,45,49)(H,47,51)/b16-11-,20-13-,21-17-,23-18-,25-24-,34-14+,43-37?/t31-,32+,33+,35-,39-/m1/s1. The lowest BCUT2D eigenvalue weighted by Gasteiger charge is -2.21. The van der Waals surface area contributed by atoms with Crippen LogP contribution in [0, 0.1) is 11.8 Å². The highest BCUT2D eigenvalue weighted by atomic mass is 16.3. The van der Waals surface area contributed by atoms with Crippen LogP contribution < -0.4 is 10.6 Å². The molecule has 0 aliphatic rings. The minimum Gasteiger partial charge on any atom is -0.378 e. The highest BCUT2D eigenvalue weighted by Crippen LogP contribution is 2.21. The Labute approximate surface area is 305 Å². The first kappa shape index (κ1) is 42.0. The van der Waals surface area contributed by atoms with Crippen molar-refractivity contribution in [3.8, 4) is 0 Å². The SMILES string of the molecule is C=CC[C@H](/C=C\C)[C@@H](C)C(=O)N[C@@H](C)c1ncc(C(=C)/C=C\C(=C/C)C(/C=C\Cc2cnc([C@H](C)N[C@H](O)CC(=C)/C=C\C=C/C)[nH]2)=NC=C)[nH]1. The molecule has 2 heterocycles. The first-order chi connectivity index (χ1) is 24.5. The first-order valence-electron chi connectivity index (χ1n) is 17.4. The van der Waals surface area contributed by atoms with Crippen LogP contribution in [0.4, 0.5) is 0 Å². The molecule has 0 fully saturated rings. The number of nitrogens with zero attached hydrogens (tertiary/aromatic N) is 3. The average molecular weight is 692 g/mol. The van der Waals surface area contributed by atoms with E-state index in [0.717, 1.165) is 46.1 Å². The van der Waals surface area contributed by atoms with Crippen molar-refractivity contribution in [2.45, 2.75) is 79.1 Å². The van der Waals surface area contributed by atoms with Crippen molar-refractivity contribution in [3.63, 3.8) is 0 Å². The molecule has 1 amide bonds. The molecule has 0 saturated heterocycles. The number of aliphatic hydroxyl groups excluding tert-OH is 1. The van der Waals surface area contributed by atoms with Gasteiger partial charge in [-0.1, -0.05) is 99.1 Å². The summed E-state index contributed by atoms with van der Waals surface area (Å²) in [4.78, 5) is 33.1. The molecule has 0 aliphatic heterocycles. The molecule has 2 aromatic rings. The van der Waals surface area contributed by atoms with Crippen LogP contribution in [0.2, 0.25) is 0 Å². The predicted molar refractivity (Wildman–Crippen MR) is 214 cm³/mol. The lowest BCUT2D eigenvalue weighted by atomic mass is 9.89. The molecule has 9 heteroatoms. The van der Waals surface area contributed by atoms with Gasteiger partial charge in [-0.15, -0.1) is 6.58 Å². The molecular weight excluding hydrogens is 635 g/mol. The Bertz CT molecular complexity index is 1680. The molecule has 0 aromatic carbocycles. The highest BCUT2D eigenvalue weighted by Gasteiger charge is 2.23. The number of allylic oxidation sites excluding steroid dienone is 14. The third kappa shape index (κ3) is 14.3. The molecular formula is C42H57N7O2. The van der Waals surface area contributed by atoms with E-state index in [-0.39, 0.29) is 29.8 Å². The molecule has 5 atom stereocenters. The van der Waals surface area contributed by atoms with E-state index in [1.807, 2.05) is 114 Å². The summed E-state index contributed by atoms with van der Waals surface area (Å²) in [6.07, 6.45) is 29.3. The van der Waals surface area contributed by atoms with Crippen LogP contribution >= 0.6 is 0 Å². The van der Waals surface area contributed by atoms with E-state index in [0.29, 0.717) is 18.7 Å². The van der Waals surface area contributed by atoms with Crippen LogP contribution in [0.3, 0.4) is 0 Å². The zero-order valence-corrected chi connectivity index (χ0v) is 31.2. The first-order valence-corrected chi connectivity index (χ1v) is 17.4. The Hall–Kier alpha value is -5.12. The number of carbonyl (C=O) groups excluding carboxylic acids is 1. The summed E-state index contributed by atoms with van der Waals surface area (Å²) in [5.74, 6) is 1.23. The lowest BCUT2D eigenvalue weighted by Crippen LogP contribution is -2.35. The molecule has 51 heavy (non-hydrogen) atoms. The van der Waals surface area contributed by atoms with Crippen molar-refractivity contribution in [3.05, 3.63) is 152 Å². The molecule has 5 N–H and O–H groups in total. The molecule has 2 aromatic heterocycles. The number of rotatable bonds is 22. The second-order valence-electron chi connectivity index (χ2n) is 12.3. The third-order valence-electron chi connectivity index (χ3n) is 8.15. The van der Waals surface area contributed by atoms with Crippen LogP contribution in [0.1, 0.15) is 89.5 Å². The van der Waals surface area contributed by atoms with Crippen LogP contribution in [-0.4, -0.2) is 42.9 Å². The molecule has 0 bridgehead atoms. The summed E-state index contributed by atoms with van der Waals surface area (Å²) >= 11 is 0. The number of imidazole rings is 2. The molecule has 0 spiro atoms. The number of aliphatic hydroxyl groups is 1. The van der Waals surface area contributed by atoms with E-state index in [1.165, 1.54) is 6.20 Å². The van der Waals surface area contributed by atoms with Gasteiger partial charge in [0, 0.05) is 36.9 Å². The second-order valence-corrected chi connectivity index (χ2v) is 12.3. The van der Waals surface area contributed by atoms with Crippen LogP contribution in [-0.2, 0) is 11.2 Å². The van der Waals surface area contributed by atoms with Crippen molar-refractivity contribution in [2.75, 3.05) is 0 Å². The summed E-state index contributed by atoms with van der Waals surface area (Å²) in [5.41, 5.74) is 4.86. The summed E-state index contributed by atoms with van der Waals surface area (Å²) in [7, 11) is 0. The maximum Gasteiger partial charge on any atom is 0.224 e. The molecule has 0 radical (unpaired) electrons. The van der Waals surface area contributed by atoms with E-state index in [4.69, 9.17) is 0 Å². The van der Waals surface area contributed by atoms with Gasteiger partial charge in [-0.05, 0) is 64.2 Å². The van der Waals surface area contributed by atoms with Gasteiger partial charge in [0.15, 0.2) is 0 Å². The van der Waals surface area contributed by atoms with Gasteiger partial charge in [-0.25, -0.2) is 9.97 Å². The Morgan fingerprint density at radius 1 is 0.961 bits per heavy atom. The van der Waals surface area contributed by atoms with Crippen molar-refractivity contribution >= 4 is 17.2 Å². The normalized spacial score (nSPS) is 15.9. The van der Waals surface area contributed by atoms with E-state index in [1.54, 1.807) is 12.4 Å². The Kier molecular flexibility index (Phi) is 18.6. The number of hydrogen-bond donors (Lipinski definition) is 5. The predicted octanol–water partition coefficient (Wildman–Crippen LogP) is 8.66. The van der Waals surface area contributed by atoms with Crippen molar-refractivity contribution in [2.24, 2.45) is 16.8 Å². The molecule has 2 rings (SSSR count). The second kappa shape index (κ2) is 22.6. The van der Waals surface area contributed by atoms with Crippen LogP contribution in [0.25, 0.3) is 5.57 Å². The van der Waals surface area contributed by atoms with Crippen molar-refractivity contribution < 1.29 is 9.90 Å². The number of aromatic amines is 2. The van der Waals surface area contributed by atoms with Gasteiger partial charge in [0.05, 0.1) is 29.7 Å². The molecule has 0 aliphatic carbocycles. The highest BCUT2D eigenvalue weighted by molar-refractivity contribution is 6.10.